The van der Waals surface area contributed by atoms with Crippen LogP contribution in [0.3, 0.4) is 0 Å². The largest absolute Gasteiger partial charge is 0.416 e. The molecule has 1 N–H and O–H groups in total. The van der Waals surface area contributed by atoms with Crippen LogP contribution in [0.25, 0.3) is 0 Å². The summed E-state index contributed by atoms with van der Waals surface area (Å²) in [4.78, 5) is 18.0. The van der Waals surface area contributed by atoms with E-state index in [1.807, 2.05) is 0 Å². The highest BCUT2D eigenvalue weighted by atomic mass is 35.5. The normalized spacial score (nSPS) is 14.4. The van der Waals surface area contributed by atoms with Crippen LogP contribution in [0.5, 0.6) is 0 Å². The van der Waals surface area contributed by atoms with Crippen molar-refractivity contribution in [3.05, 3.63) is 110 Å². The van der Waals surface area contributed by atoms with Crippen molar-refractivity contribution < 1.29 is 26.7 Å². The van der Waals surface area contributed by atoms with E-state index in [1.54, 1.807) is 9.47 Å². The molecule has 7 nitrogen and oxygen atoms in total. The maximum absolute atomic E-state index is 13.9. The number of nitrogens with zero attached hydrogens (tertiary/aromatic N) is 4. The number of alkyl halides is 3. The Bertz CT molecular complexity index is 1520. The molecule has 4 aromatic rings. The highest BCUT2D eigenvalue weighted by Gasteiger charge is 2.38. The predicted molar refractivity (Wildman–Crippen MR) is 128 cm³/mol. The number of anilines is 1. The molecule has 0 amide bonds. The van der Waals surface area contributed by atoms with Crippen molar-refractivity contribution in [2.75, 3.05) is 11.4 Å². The number of halogens is 6. The molecule has 0 fully saturated rings. The van der Waals surface area contributed by atoms with E-state index in [2.05, 4.69) is 15.2 Å². The molecule has 1 aliphatic heterocycles. The molecule has 5 rings (SSSR count). The minimum atomic E-state index is -4.85. The Morgan fingerprint density at radius 1 is 1.05 bits per heavy atom. The maximum Gasteiger partial charge on any atom is 0.416 e. The number of nitrogens with one attached hydrogen (secondary N) is 1. The average Bonchev–Trinajstić information content (AvgIpc) is 3.30. The van der Waals surface area contributed by atoms with Crippen molar-refractivity contribution in [1.82, 2.24) is 19.7 Å². The summed E-state index contributed by atoms with van der Waals surface area (Å²) in [6.45, 7) is 0.694. The van der Waals surface area contributed by atoms with Gasteiger partial charge in [0, 0.05) is 13.1 Å². The third-order valence-corrected chi connectivity index (χ3v) is 6.58. The Labute approximate surface area is 217 Å². The quantitative estimate of drug-likeness (QED) is 0.332. The lowest BCUT2D eigenvalue weighted by Crippen LogP contribution is -2.36. The molecule has 2 aromatic heterocycles. The van der Waals surface area contributed by atoms with Gasteiger partial charge < -0.3 is 14.2 Å². The molecule has 3 heterocycles. The maximum atomic E-state index is 13.9. The number of fused-ring (bicyclic) bond motifs is 1. The van der Waals surface area contributed by atoms with Crippen molar-refractivity contribution in [3.63, 3.8) is 0 Å². The number of hydrogen-bond donors (Lipinski definition) is 1. The smallest absolute Gasteiger partial charge is 0.362 e. The van der Waals surface area contributed by atoms with Crippen LogP contribution < -0.4 is 10.5 Å². The van der Waals surface area contributed by atoms with Crippen LogP contribution in [-0.4, -0.2) is 26.3 Å². The number of imidazole rings is 1. The third kappa shape index (κ3) is 5.14. The Morgan fingerprint density at radius 2 is 1.79 bits per heavy atom. The molecule has 0 aliphatic carbocycles. The Kier molecular flexibility index (Phi) is 6.93. The number of rotatable bonds is 6. The summed E-state index contributed by atoms with van der Waals surface area (Å²) >= 11 is 6.14. The van der Waals surface area contributed by atoms with Crippen LogP contribution in [0.15, 0.2) is 59.7 Å². The van der Waals surface area contributed by atoms with E-state index in [4.69, 9.17) is 16.3 Å². The van der Waals surface area contributed by atoms with Gasteiger partial charge in [-0.1, -0.05) is 29.8 Å². The molecule has 198 valence electrons. The zero-order chi connectivity index (χ0) is 27.0. The number of hydrogen-bond acceptors (Lipinski definition) is 5. The third-order valence-electron chi connectivity index (χ3n) is 6.21. The number of H-pyrrole nitrogens is 1. The molecule has 1 unspecified atom stereocenters. The molecular formula is C25H19ClF5N5O2. The Morgan fingerprint density at radius 3 is 2.53 bits per heavy atom. The topological polar surface area (TPSA) is 76.0 Å². The van der Waals surface area contributed by atoms with E-state index >= 15 is 0 Å². The first-order valence-electron chi connectivity index (χ1n) is 11.4. The molecule has 13 heteroatoms. The molecule has 2 aromatic carbocycles. The van der Waals surface area contributed by atoms with Gasteiger partial charge >= 0.3 is 6.18 Å². The monoisotopic (exact) mass is 551 g/mol. The van der Waals surface area contributed by atoms with Crippen LogP contribution in [0, 0.1) is 11.6 Å². The van der Waals surface area contributed by atoms with Gasteiger partial charge in [-0.25, -0.2) is 18.9 Å². The van der Waals surface area contributed by atoms with Crippen molar-refractivity contribution >= 4 is 17.3 Å². The van der Waals surface area contributed by atoms with Crippen LogP contribution >= 0.6 is 11.6 Å². The van der Waals surface area contributed by atoms with Crippen molar-refractivity contribution in [2.24, 2.45) is 0 Å². The van der Waals surface area contributed by atoms with Gasteiger partial charge in [0.1, 0.15) is 28.6 Å². The van der Waals surface area contributed by atoms with E-state index in [0.717, 1.165) is 12.1 Å². The van der Waals surface area contributed by atoms with Crippen molar-refractivity contribution in [2.45, 2.75) is 32.0 Å². The fourth-order valence-electron chi connectivity index (χ4n) is 4.39. The lowest BCUT2D eigenvalue weighted by atomic mass is 9.99. The summed E-state index contributed by atoms with van der Waals surface area (Å²) in [5, 5.41) is 5.98. The van der Waals surface area contributed by atoms with Gasteiger partial charge in [0.25, 0.3) is 5.56 Å². The van der Waals surface area contributed by atoms with Gasteiger partial charge in [0.15, 0.2) is 0 Å². The summed E-state index contributed by atoms with van der Waals surface area (Å²) in [5.41, 5.74) is -0.747. The summed E-state index contributed by atoms with van der Waals surface area (Å²) in [6, 6.07) is 7.78. The minimum absolute atomic E-state index is 0.0399. The van der Waals surface area contributed by atoms with E-state index < -0.39 is 35.0 Å². The number of aromatic nitrogens is 4. The summed E-state index contributed by atoms with van der Waals surface area (Å²) in [6.07, 6.45) is -3.29. The number of aromatic amines is 1. The summed E-state index contributed by atoms with van der Waals surface area (Å²) in [7, 11) is 0. The standard InChI is InChI=1S/C25H19ClF5N5O2/c26-22-19(11-33-34-24(22)37)35-7-8-36-20(10-32-21(36)12-35)23(38-13-14-1-3-15(27)4-2-14)17-6-5-16(28)9-18(17)25(29,30)31/h1-6,9-11,23H,7-8,12-13H2,(H,34,37). The van der Waals surface area contributed by atoms with Crippen LogP contribution in [0.2, 0.25) is 5.02 Å². The van der Waals surface area contributed by atoms with Gasteiger partial charge in [-0.15, -0.1) is 0 Å². The molecule has 38 heavy (non-hydrogen) atoms. The van der Waals surface area contributed by atoms with Gasteiger partial charge in [-0.05, 0) is 35.4 Å². The molecule has 0 spiro atoms. The first kappa shape index (κ1) is 25.9. The average molecular weight is 552 g/mol. The summed E-state index contributed by atoms with van der Waals surface area (Å²) in [5.74, 6) is -1.00. The van der Waals surface area contributed by atoms with E-state index in [-0.39, 0.29) is 30.3 Å². The fourth-order valence-corrected chi connectivity index (χ4v) is 4.60. The molecule has 0 saturated heterocycles. The second-order valence-corrected chi connectivity index (χ2v) is 9.00. The van der Waals surface area contributed by atoms with Crippen LogP contribution in [0.4, 0.5) is 27.6 Å². The van der Waals surface area contributed by atoms with Crippen molar-refractivity contribution in [3.8, 4) is 0 Å². The van der Waals surface area contributed by atoms with Crippen LogP contribution in [0.1, 0.15) is 34.3 Å². The van der Waals surface area contributed by atoms with Gasteiger partial charge in [0.2, 0.25) is 0 Å². The van der Waals surface area contributed by atoms with E-state index in [9.17, 15) is 26.7 Å². The second kappa shape index (κ2) is 10.2. The molecule has 0 bridgehead atoms. The first-order chi connectivity index (χ1) is 18.1. The van der Waals surface area contributed by atoms with Crippen LogP contribution in [-0.2, 0) is 30.6 Å². The van der Waals surface area contributed by atoms with Gasteiger partial charge in [-0.2, -0.15) is 18.3 Å². The molecule has 1 atom stereocenters. The highest BCUT2D eigenvalue weighted by molar-refractivity contribution is 6.32. The molecule has 0 radical (unpaired) electrons. The van der Waals surface area contributed by atoms with Gasteiger partial charge in [-0.3, -0.25) is 4.79 Å². The highest BCUT2D eigenvalue weighted by Crippen LogP contribution is 2.40. The second-order valence-electron chi connectivity index (χ2n) is 8.62. The van der Waals surface area contributed by atoms with Crippen molar-refractivity contribution in [1.29, 1.82) is 0 Å². The molecule has 0 saturated carbocycles. The minimum Gasteiger partial charge on any atom is -0.362 e. The lowest BCUT2D eigenvalue weighted by molar-refractivity contribution is -0.139. The summed E-state index contributed by atoms with van der Waals surface area (Å²) < 4.78 is 76.8. The van der Waals surface area contributed by atoms with Gasteiger partial charge in [0.05, 0.1) is 42.5 Å². The Balaban J connectivity index is 1.53. The number of ether oxygens (including phenoxy) is 1. The fraction of sp³-hybridized carbons (Fsp3) is 0.240. The zero-order valence-electron chi connectivity index (χ0n) is 19.5. The lowest BCUT2D eigenvalue weighted by Gasteiger charge is -2.31. The SMILES string of the molecule is O=c1[nH]ncc(N2CCn3c(C(OCc4ccc(F)cc4)c4ccc(F)cc4C(F)(F)F)cnc3C2)c1Cl. The molecular weight excluding hydrogens is 533 g/mol. The predicted octanol–water partition coefficient (Wildman–Crippen LogP) is 5.24. The Hall–Kier alpha value is -3.77. The molecule has 1 aliphatic rings. The van der Waals surface area contributed by atoms with E-state index in [1.165, 1.54) is 36.7 Å². The first-order valence-corrected chi connectivity index (χ1v) is 11.7. The zero-order valence-corrected chi connectivity index (χ0v) is 20.2. The van der Waals surface area contributed by atoms with E-state index in [0.29, 0.717) is 35.4 Å². The number of benzene rings is 2.